The minimum Gasteiger partial charge on any atom is -0.462 e. The van der Waals surface area contributed by atoms with Gasteiger partial charge in [0.05, 0.1) is 6.61 Å². The number of hydrogen-bond donors (Lipinski definition) is 1. The van der Waals surface area contributed by atoms with E-state index in [0.29, 0.717) is 12.8 Å². The standard InChI is InChI=1S/C75H128O5/c1-3-5-7-9-11-13-15-17-19-21-23-25-27-29-31-32-33-34-35-36-37-38-39-40-41-42-44-46-48-50-52-54-56-58-60-62-64-66-68-70-75(78)80-73(71-76)72-79-74(77)69-67-65-63-61-59-57-55-53-51-49-47-45-43-30-28-26-24-22-20-18-16-14-12-10-8-6-4-2/h5,7,11,13,16-19,22-25,29,31,33-34,36-37,39-40,73,76H,3-4,6,8-10,12,14-15,20-21,26-28,30,32,35,38,41-72H2,1-2H3/b7-5-,13-11-,18-16-,19-17-,24-22-,25-23-,31-29-,34-33-,37-36-,40-39-. The summed E-state index contributed by atoms with van der Waals surface area (Å²) in [6.07, 6.45) is 102. The third kappa shape index (κ3) is 66.8. The number of carbonyl (C=O) groups is 2. The van der Waals surface area contributed by atoms with Crippen LogP contribution in [0.4, 0.5) is 0 Å². The van der Waals surface area contributed by atoms with Crippen LogP contribution in [0.3, 0.4) is 0 Å². The molecule has 0 rings (SSSR count). The first-order chi connectivity index (χ1) is 39.6. The molecule has 0 aliphatic carbocycles. The van der Waals surface area contributed by atoms with Crippen molar-refractivity contribution in [3.63, 3.8) is 0 Å². The molecule has 0 bridgehead atoms. The zero-order valence-corrected chi connectivity index (χ0v) is 52.6. The van der Waals surface area contributed by atoms with Crippen molar-refractivity contribution in [1.82, 2.24) is 0 Å². The van der Waals surface area contributed by atoms with Gasteiger partial charge in [0.15, 0.2) is 6.10 Å². The van der Waals surface area contributed by atoms with Crippen LogP contribution in [0.15, 0.2) is 122 Å². The minimum absolute atomic E-state index is 0.0681. The fourth-order valence-corrected chi connectivity index (χ4v) is 9.66. The van der Waals surface area contributed by atoms with E-state index < -0.39 is 6.10 Å². The number of unbranched alkanes of at least 4 members (excludes halogenated alkanes) is 34. The Morgan fingerprint density at radius 3 is 0.812 bits per heavy atom. The monoisotopic (exact) mass is 1110 g/mol. The topological polar surface area (TPSA) is 72.8 Å². The first-order valence-corrected chi connectivity index (χ1v) is 34.1. The van der Waals surface area contributed by atoms with E-state index in [1.54, 1.807) is 0 Å². The van der Waals surface area contributed by atoms with Crippen molar-refractivity contribution in [3.05, 3.63) is 122 Å². The molecule has 0 aromatic rings. The van der Waals surface area contributed by atoms with E-state index >= 15 is 0 Å². The largest absolute Gasteiger partial charge is 0.462 e. The molecule has 0 saturated carbocycles. The van der Waals surface area contributed by atoms with Crippen LogP contribution < -0.4 is 0 Å². The first kappa shape index (κ1) is 76.3. The molecule has 1 N–H and O–H groups in total. The molecule has 0 heterocycles. The second-order valence-corrected chi connectivity index (χ2v) is 22.5. The Morgan fingerprint density at radius 2 is 0.537 bits per heavy atom. The van der Waals surface area contributed by atoms with Crippen molar-refractivity contribution in [1.29, 1.82) is 0 Å². The lowest BCUT2D eigenvalue weighted by Gasteiger charge is -2.15. The molecule has 0 aromatic heterocycles. The minimum atomic E-state index is -0.779. The maximum Gasteiger partial charge on any atom is 0.306 e. The molecular weight excluding hydrogens is 981 g/mol. The molecule has 0 radical (unpaired) electrons. The van der Waals surface area contributed by atoms with Gasteiger partial charge >= 0.3 is 11.9 Å². The summed E-state index contributed by atoms with van der Waals surface area (Å²) in [7, 11) is 0. The lowest BCUT2D eigenvalue weighted by Crippen LogP contribution is -2.28. The van der Waals surface area contributed by atoms with Crippen LogP contribution in [0, 0.1) is 0 Å². The Balaban J connectivity index is 3.49. The first-order valence-electron chi connectivity index (χ1n) is 34.1. The number of rotatable bonds is 62. The van der Waals surface area contributed by atoms with Crippen molar-refractivity contribution >= 4 is 11.9 Å². The molecule has 0 aromatic carbocycles. The number of aliphatic hydroxyl groups is 1. The highest BCUT2D eigenvalue weighted by Crippen LogP contribution is 2.17. The molecule has 0 amide bonds. The van der Waals surface area contributed by atoms with Gasteiger partial charge in [-0.25, -0.2) is 0 Å². The second-order valence-electron chi connectivity index (χ2n) is 22.5. The molecule has 5 heteroatoms. The third-order valence-corrected chi connectivity index (χ3v) is 14.7. The number of aliphatic hydroxyl groups excluding tert-OH is 1. The average molecular weight is 1110 g/mol. The molecule has 0 aliphatic heterocycles. The van der Waals surface area contributed by atoms with E-state index in [1.807, 2.05) is 0 Å². The normalized spacial score (nSPS) is 13.0. The number of esters is 2. The average Bonchev–Trinajstić information content (AvgIpc) is 3.46. The Bertz CT molecular complexity index is 1590. The number of allylic oxidation sites excluding steroid dienone is 20. The summed E-state index contributed by atoms with van der Waals surface area (Å²) < 4.78 is 10.8. The molecule has 0 saturated heterocycles. The quantitative estimate of drug-likeness (QED) is 0.0373. The van der Waals surface area contributed by atoms with Gasteiger partial charge in [-0.05, 0) is 109 Å². The van der Waals surface area contributed by atoms with Crippen molar-refractivity contribution in [2.75, 3.05) is 13.2 Å². The van der Waals surface area contributed by atoms with Gasteiger partial charge < -0.3 is 14.6 Å². The third-order valence-electron chi connectivity index (χ3n) is 14.7. The van der Waals surface area contributed by atoms with Crippen LogP contribution in [0.2, 0.25) is 0 Å². The summed E-state index contributed by atoms with van der Waals surface area (Å²) >= 11 is 0. The molecule has 0 spiro atoms. The van der Waals surface area contributed by atoms with Gasteiger partial charge in [0.2, 0.25) is 0 Å². The highest BCUT2D eigenvalue weighted by molar-refractivity contribution is 5.70. The zero-order valence-electron chi connectivity index (χ0n) is 52.6. The van der Waals surface area contributed by atoms with E-state index in [9.17, 15) is 14.7 Å². The van der Waals surface area contributed by atoms with Gasteiger partial charge in [0.25, 0.3) is 0 Å². The molecule has 1 atom stereocenters. The van der Waals surface area contributed by atoms with Crippen molar-refractivity contribution in [2.24, 2.45) is 0 Å². The number of carbonyl (C=O) groups excluding carboxylic acids is 2. The zero-order chi connectivity index (χ0) is 57.6. The Morgan fingerprint density at radius 1 is 0.300 bits per heavy atom. The smallest absolute Gasteiger partial charge is 0.306 e. The van der Waals surface area contributed by atoms with Crippen molar-refractivity contribution in [2.45, 2.75) is 328 Å². The van der Waals surface area contributed by atoms with E-state index in [1.165, 1.54) is 199 Å². The van der Waals surface area contributed by atoms with Gasteiger partial charge in [-0.15, -0.1) is 0 Å². The van der Waals surface area contributed by atoms with Crippen LogP contribution in [-0.2, 0) is 19.1 Å². The van der Waals surface area contributed by atoms with Crippen LogP contribution in [0.5, 0.6) is 0 Å². The fraction of sp³-hybridized carbons (Fsp3) is 0.707. The highest BCUT2D eigenvalue weighted by Gasteiger charge is 2.16. The summed E-state index contributed by atoms with van der Waals surface area (Å²) in [5.74, 6) is -0.584. The lowest BCUT2D eigenvalue weighted by atomic mass is 10.0. The highest BCUT2D eigenvalue weighted by atomic mass is 16.6. The predicted octanol–water partition coefficient (Wildman–Crippen LogP) is 23.8. The van der Waals surface area contributed by atoms with E-state index in [-0.39, 0.29) is 25.2 Å². The molecular formula is C75H128O5. The fourth-order valence-electron chi connectivity index (χ4n) is 9.66. The van der Waals surface area contributed by atoms with Crippen LogP contribution in [-0.4, -0.2) is 36.4 Å². The predicted molar refractivity (Wildman–Crippen MR) is 352 cm³/mol. The molecule has 458 valence electrons. The van der Waals surface area contributed by atoms with Gasteiger partial charge in [-0.1, -0.05) is 322 Å². The number of ether oxygens (including phenoxy) is 2. The Kier molecular flexibility index (Phi) is 66.4. The van der Waals surface area contributed by atoms with Crippen LogP contribution in [0.25, 0.3) is 0 Å². The van der Waals surface area contributed by atoms with Gasteiger partial charge in [0.1, 0.15) is 6.61 Å². The Hall–Kier alpha value is -3.70. The molecule has 0 fully saturated rings. The van der Waals surface area contributed by atoms with Gasteiger partial charge in [-0.2, -0.15) is 0 Å². The second kappa shape index (κ2) is 69.6. The molecule has 80 heavy (non-hydrogen) atoms. The summed E-state index contributed by atoms with van der Waals surface area (Å²) in [6, 6.07) is 0. The SMILES string of the molecule is CC/C=C\C/C=C\C/C=C\C/C=C\C/C=C\C/C=C\C/C=C\C/C=C\CCCCCCCCCCCCCCCCC(=O)OC(CO)COC(=O)CCCCCCCCCCCCCCCCC/C=C\C/C=C\CCCCCCC. The maximum atomic E-state index is 12.4. The number of hydrogen-bond acceptors (Lipinski definition) is 5. The summed E-state index contributed by atoms with van der Waals surface area (Å²) in [5, 5.41) is 9.70. The van der Waals surface area contributed by atoms with E-state index in [4.69, 9.17) is 9.47 Å². The van der Waals surface area contributed by atoms with E-state index in [2.05, 4.69) is 135 Å². The van der Waals surface area contributed by atoms with Crippen LogP contribution in [0.1, 0.15) is 322 Å². The van der Waals surface area contributed by atoms with Crippen molar-refractivity contribution in [3.8, 4) is 0 Å². The van der Waals surface area contributed by atoms with Crippen LogP contribution >= 0.6 is 0 Å². The lowest BCUT2D eigenvalue weighted by molar-refractivity contribution is -0.161. The molecule has 1 unspecified atom stereocenters. The molecule has 0 aliphatic rings. The maximum absolute atomic E-state index is 12.4. The van der Waals surface area contributed by atoms with Gasteiger partial charge in [-0.3, -0.25) is 9.59 Å². The van der Waals surface area contributed by atoms with Gasteiger partial charge in [0, 0.05) is 12.8 Å². The summed E-state index contributed by atoms with van der Waals surface area (Å²) in [4.78, 5) is 24.6. The molecule has 5 nitrogen and oxygen atoms in total. The Labute approximate surface area is 496 Å². The van der Waals surface area contributed by atoms with Crippen molar-refractivity contribution < 1.29 is 24.2 Å². The summed E-state index contributed by atoms with van der Waals surface area (Å²) in [6.45, 7) is 4.04. The summed E-state index contributed by atoms with van der Waals surface area (Å²) in [5.41, 5.74) is 0. The van der Waals surface area contributed by atoms with E-state index in [0.717, 1.165) is 96.3 Å².